The molecule has 0 N–H and O–H groups in total. The van der Waals surface area contributed by atoms with Crippen LogP contribution in [0.25, 0.3) is 0 Å². The molecule has 0 fully saturated rings. The van der Waals surface area contributed by atoms with Crippen molar-refractivity contribution < 1.29 is 0 Å². The molecule has 0 amide bonds. The highest BCUT2D eigenvalue weighted by molar-refractivity contribution is 5.10. The van der Waals surface area contributed by atoms with Gasteiger partial charge in [0.2, 0.25) is 0 Å². The van der Waals surface area contributed by atoms with Gasteiger partial charge < -0.3 is 0 Å². The lowest BCUT2D eigenvalue weighted by atomic mass is 10.1. The molecule has 0 radical (unpaired) electrons. The van der Waals surface area contributed by atoms with Crippen molar-refractivity contribution >= 4 is 0 Å². The van der Waals surface area contributed by atoms with Crippen LogP contribution in [0.1, 0.15) is 57.8 Å². The third kappa shape index (κ3) is 8.23. The van der Waals surface area contributed by atoms with Gasteiger partial charge in [0, 0.05) is 0 Å². The second-order valence-electron chi connectivity index (χ2n) is 4.29. The maximum Gasteiger partial charge on any atom is -0.0348 e. The first-order valence-corrected chi connectivity index (χ1v) is 6.48. The van der Waals surface area contributed by atoms with Crippen LogP contribution in [-0.2, 0) is 0 Å². The third-order valence-corrected chi connectivity index (χ3v) is 2.85. The summed E-state index contributed by atoms with van der Waals surface area (Å²) in [6.45, 7) is 0. The van der Waals surface area contributed by atoms with E-state index in [-0.39, 0.29) is 0 Å². The molecular formula is C15H24. The van der Waals surface area contributed by atoms with Crippen molar-refractivity contribution in [1.29, 1.82) is 0 Å². The van der Waals surface area contributed by atoms with Gasteiger partial charge in [-0.1, -0.05) is 68.6 Å². The molecule has 84 valence electrons. The topological polar surface area (TPSA) is 0 Å². The zero-order valence-corrected chi connectivity index (χ0v) is 9.83. The first-order valence-electron chi connectivity index (χ1n) is 6.48. The highest BCUT2D eigenvalue weighted by Crippen LogP contribution is 2.10. The number of hydrogen-bond donors (Lipinski definition) is 0. The van der Waals surface area contributed by atoms with Gasteiger partial charge in [-0.25, -0.2) is 0 Å². The van der Waals surface area contributed by atoms with E-state index in [9.17, 15) is 0 Å². The molecule has 0 saturated carbocycles. The van der Waals surface area contributed by atoms with Crippen molar-refractivity contribution in [2.24, 2.45) is 0 Å². The SMILES string of the molecule is C1=C\C=C\CCCCCCCCC/C=C/1. The third-order valence-electron chi connectivity index (χ3n) is 2.85. The molecule has 0 saturated heterocycles. The predicted molar refractivity (Wildman–Crippen MR) is 69.0 cm³/mol. The molecule has 0 nitrogen and oxygen atoms in total. The fraction of sp³-hybridized carbons (Fsp3) is 0.600. The summed E-state index contributed by atoms with van der Waals surface area (Å²) in [5.41, 5.74) is 0. The molecule has 1 aliphatic carbocycles. The highest BCUT2D eigenvalue weighted by Gasteiger charge is 1.90. The molecule has 0 bridgehead atoms. The van der Waals surface area contributed by atoms with E-state index >= 15 is 0 Å². The maximum absolute atomic E-state index is 2.28. The average Bonchev–Trinajstić information content (AvgIpc) is 2.27. The average molecular weight is 204 g/mol. The minimum Gasteiger partial charge on any atom is -0.0845 e. The van der Waals surface area contributed by atoms with Crippen molar-refractivity contribution in [3.05, 3.63) is 36.5 Å². The van der Waals surface area contributed by atoms with Crippen LogP contribution in [0.15, 0.2) is 36.5 Å². The van der Waals surface area contributed by atoms with E-state index in [0.717, 1.165) is 0 Å². The zero-order valence-electron chi connectivity index (χ0n) is 9.83. The smallest absolute Gasteiger partial charge is 0.0348 e. The van der Waals surface area contributed by atoms with Crippen LogP contribution in [0.3, 0.4) is 0 Å². The zero-order chi connectivity index (χ0) is 10.6. The van der Waals surface area contributed by atoms with Gasteiger partial charge in [-0.3, -0.25) is 0 Å². The molecule has 1 rings (SSSR count). The molecule has 0 atom stereocenters. The van der Waals surface area contributed by atoms with Crippen LogP contribution in [0.5, 0.6) is 0 Å². The van der Waals surface area contributed by atoms with Crippen molar-refractivity contribution in [1.82, 2.24) is 0 Å². The molecule has 15 heavy (non-hydrogen) atoms. The number of hydrogen-bond acceptors (Lipinski definition) is 0. The first-order chi connectivity index (χ1) is 7.50. The van der Waals surface area contributed by atoms with Crippen molar-refractivity contribution in [3.63, 3.8) is 0 Å². The summed E-state index contributed by atoms with van der Waals surface area (Å²) in [7, 11) is 0. The van der Waals surface area contributed by atoms with Crippen molar-refractivity contribution in [2.75, 3.05) is 0 Å². The van der Waals surface area contributed by atoms with Gasteiger partial charge in [-0.2, -0.15) is 0 Å². The lowest BCUT2D eigenvalue weighted by molar-refractivity contribution is 0.584. The van der Waals surface area contributed by atoms with Gasteiger partial charge in [-0.05, 0) is 25.7 Å². The molecule has 0 aromatic carbocycles. The lowest BCUT2D eigenvalue weighted by Gasteiger charge is -1.99. The van der Waals surface area contributed by atoms with Crippen LogP contribution < -0.4 is 0 Å². The summed E-state index contributed by atoms with van der Waals surface area (Å²) in [5.74, 6) is 0. The predicted octanol–water partition coefficient (Wildman–Crippen LogP) is 5.18. The summed E-state index contributed by atoms with van der Waals surface area (Å²) in [5, 5.41) is 0. The summed E-state index contributed by atoms with van der Waals surface area (Å²) in [6, 6.07) is 0. The normalized spacial score (nSPS) is 27.2. The summed E-state index contributed by atoms with van der Waals surface area (Å²) in [4.78, 5) is 0. The van der Waals surface area contributed by atoms with E-state index in [2.05, 4.69) is 36.5 Å². The Labute approximate surface area is 94.8 Å². The Balaban J connectivity index is 2.25. The minimum atomic E-state index is 1.24. The van der Waals surface area contributed by atoms with E-state index in [0.29, 0.717) is 0 Å². The van der Waals surface area contributed by atoms with Gasteiger partial charge in [0.25, 0.3) is 0 Å². The summed E-state index contributed by atoms with van der Waals surface area (Å²) >= 11 is 0. The van der Waals surface area contributed by atoms with Crippen LogP contribution >= 0.6 is 0 Å². The van der Waals surface area contributed by atoms with Gasteiger partial charge >= 0.3 is 0 Å². The van der Waals surface area contributed by atoms with E-state index in [4.69, 9.17) is 0 Å². The van der Waals surface area contributed by atoms with Crippen molar-refractivity contribution in [2.45, 2.75) is 57.8 Å². The van der Waals surface area contributed by atoms with Gasteiger partial charge in [-0.15, -0.1) is 0 Å². The lowest BCUT2D eigenvalue weighted by Crippen LogP contribution is -1.80. The van der Waals surface area contributed by atoms with Crippen LogP contribution in [0.2, 0.25) is 0 Å². The molecule has 0 aliphatic heterocycles. The number of rotatable bonds is 0. The Kier molecular flexibility index (Phi) is 8.00. The summed E-state index contributed by atoms with van der Waals surface area (Å²) < 4.78 is 0. The Morgan fingerprint density at radius 2 is 0.800 bits per heavy atom. The minimum absolute atomic E-state index is 1.24. The molecule has 0 heterocycles. The van der Waals surface area contributed by atoms with E-state index in [1.54, 1.807) is 0 Å². The fourth-order valence-electron chi connectivity index (χ4n) is 1.89. The molecule has 0 aromatic heterocycles. The monoisotopic (exact) mass is 204 g/mol. The second-order valence-corrected chi connectivity index (χ2v) is 4.29. The quantitative estimate of drug-likeness (QED) is 0.510. The second kappa shape index (κ2) is 9.76. The molecule has 0 spiro atoms. The van der Waals surface area contributed by atoms with Crippen molar-refractivity contribution in [3.8, 4) is 0 Å². The largest absolute Gasteiger partial charge is 0.0845 e. The van der Waals surface area contributed by atoms with Crippen LogP contribution in [0, 0.1) is 0 Å². The highest BCUT2D eigenvalue weighted by atomic mass is 14.0. The van der Waals surface area contributed by atoms with Gasteiger partial charge in [0.05, 0.1) is 0 Å². The Morgan fingerprint density at radius 1 is 0.400 bits per heavy atom. The fourth-order valence-corrected chi connectivity index (χ4v) is 1.89. The van der Waals surface area contributed by atoms with Crippen LogP contribution in [-0.4, -0.2) is 0 Å². The van der Waals surface area contributed by atoms with E-state index in [1.807, 2.05) is 0 Å². The molecule has 0 aromatic rings. The first kappa shape index (κ1) is 12.3. The molecule has 0 unspecified atom stereocenters. The molecule has 0 heteroatoms. The van der Waals surface area contributed by atoms with Gasteiger partial charge in [0.1, 0.15) is 0 Å². The molecule has 1 aliphatic rings. The van der Waals surface area contributed by atoms with E-state index in [1.165, 1.54) is 57.8 Å². The van der Waals surface area contributed by atoms with Gasteiger partial charge in [0.15, 0.2) is 0 Å². The standard InChI is InChI=1S/C15H24/c1-2-4-6-8-10-12-14-15-13-11-9-7-5-3-1/h1-6H,7-15H2/b2-1-,5-3+,6-4+. The Bertz CT molecular complexity index is 186. The van der Waals surface area contributed by atoms with E-state index < -0.39 is 0 Å². The maximum atomic E-state index is 2.28. The Hall–Kier alpha value is -0.780. The number of allylic oxidation sites excluding steroid dienone is 6. The summed E-state index contributed by atoms with van der Waals surface area (Å²) in [6.07, 6.45) is 25.5. The van der Waals surface area contributed by atoms with Crippen LogP contribution in [0.4, 0.5) is 0 Å². The molecular weight excluding hydrogens is 180 g/mol. The Morgan fingerprint density at radius 3 is 1.27 bits per heavy atom.